The molecule has 0 spiro atoms. The third-order valence-corrected chi connectivity index (χ3v) is 4.62. The number of halogens is 1. The summed E-state index contributed by atoms with van der Waals surface area (Å²) in [4.78, 5) is 15.2. The number of rotatable bonds is 3. The van der Waals surface area contributed by atoms with E-state index in [0.29, 0.717) is 17.5 Å². The monoisotopic (exact) mass is 310 g/mol. The van der Waals surface area contributed by atoms with Crippen molar-refractivity contribution in [3.05, 3.63) is 47.8 Å². The molecule has 2 aromatic heterocycles. The lowest BCUT2D eigenvalue weighted by molar-refractivity contribution is 0.448. The maximum Gasteiger partial charge on any atom is 0.298 e. The fourth-order valence-corrected chi connectivity index (χ4v) is 3.02. The zero-order valence-electron chi connectivity index (χ0n) is 12.4. The molecule has 5 nitrogen and oxygen atoms in total. The van der Waals surface area contributed by atoms with Crippen molar-refractivity contribution in [2.75, 3.05) is 18.0 Å². The number of aromatic nitrogens is 3. The van der Waals surface area contributed by atoms with E-state index in [9.17, 15) is 4.39 Å². The van der Waals surface area contributed by atoms with Gasteiger partial charge in [-0.15, -0.1) is 0 Å². The van der Waals surface area contributed by atoms with Crippen molar-refractivity contribution in [2.45, 2.75) is 24.7 Å². The minimum atomic E-state index is -0.353. The molecular formula is C17H15FN4O. The first-order valence-corrected chi connectivity index (χ1v) is 7.90. The Morgan fingerprint density at radius 3 is 2.57 bits per heavy atom. The first kappa shape index (κ1) is 13.0. The Balaban J connectivity index is 1.32. The summed E-state index contributed by atoms with van der Waals surface area (Å²) >= 11 is 0. The van der Waals surface area contributed by atoms with Gasteiger partial charge < -0.3 is 9.32 Å². The lowest BCUT2D eigenvalue weighted by atomic mass is 10.00. The molecule has 1 saturated carbocycles. The van der Waals surface area contributed by atoms with Crippen molar-refractivity contribution >= 4 is 17.1 Å². The van der Waals surface area contributed by atoms with Gasteiger partial charge >= 0.3 is 0 Å². The standard InChI is InChI=1S/C17H15FN4O/c18-13-2-1-3-14-15(13)21-17(23-14)22-8-12(9-22)16-19-6-11(7-20-16)10-4-5-10/h1-3,6-7,10,12H,4-5,8-9H2. The van der Waals surface area contributed by atoms with E-state index in [2.05, 4.69) is 15.0 Å². The summed E-state index contributed by atoms with van der Waals surface area (Å²) < 4.78 is 19.3. The van der Waals surface area contributed by atoms with E-state index in [4.69, 9.17) is 4.42 Å². The quantitative estimate of drug-likeness (QED) is 0.743. The molecule has 2 aliphatic rings. The maximum atomic E-state index is 13.7. The highest BCUT2D eigenvalue weighted by molar-refractivity contribution is 5.75. The molecule has 0 unspecified atom stereocenters. The number of anilines is 1. The molecular weight excluding hydrogens is 295 g/mol. The summed E-state index contributed by atoms with van der Waals surface area (Å²) in [5, 5.41) is 0. The molecule has 23 heavy (non-hydrogen) atoms. The maximum absolute atomic E-state index is 13.7. The van der Waals surface area contributed by atoms with Crippen LogP contribution in [0, 0.1) is 5.82 Å². The van der Waals surface area contributed by atoms with Crippen LogP contribution in [0.2, 0.25) is 0 Å². The summed E-state index contributed by atoms with van der Waals surface area (Å²) in [7, 11) is 0. The van der Waals surface area contributed by atoms with Gasteiger partial charge in [-0.1, -0.05) is 6.07 Å². The van der Waals surface area contributed by atoms with Gasteiger partial charge in [0.25, 0.3) is 6.01 Å². The first-order valence-electron chi connectivity index (χ1n) is 7.90. The zero-order valence-corrected chi connectivity index (χ0v) is 12.4. The lowest BCUT2D eigenvalue weighted by Gasteiger charge is -2.36. The Kier molecular flexibility index (Phi) is 2.68. The van der Waals surface area contributed by atoms with Crippen molar-refractivity contribution in [3.8, 4) is 0 Å². The van der Waals surface area contributed by atoms with E-state index >= 15 is 0 Å². The van der Waals surface area contributed by atoms with Crippen LogP contribution >= 0.6 is 0 Å². The van der Waals surface area contributed by atoms with Crippen molar-refractivity contribution in [1.82, 2.24) is 15.0 Å². The molecule has 5 rings (SSSR count). The van der Waals surface area contributed by atoms with Crippen molar-refractivity contribution in [3.63, 3.8) is 0 Å². The predicted octanol–water partition coefficient (Wildman–Crippen LogP) is 3.24. The van der Waals surface area contributed by atoms with E-state index in [-0.39, 0.29) is 17.3 Å². The number of nitrogens with zero attached hydrogens (tertiary/aromatic N) is 4. The van der Waals surface area contributed by atoms with Gasteiger partial charge in [-0.3, -0.25) is 0 Å². The van der Waals surface area contributed by atoms with Crippen LogP contribution < -0.4 is 4.90 Å². The van der Waals surface area contributed by atoms with E-state index in [0.717, 1.165) is 18.9 Å². The van der Waals surface area contributed by atoms with Gasteiger partial charge in [0.05, 0.1) is 5.92 Å². The molecule has 0 atom stereocenters. The third-order valence-electron chi connectivity index (χ3n) is 4.62. The Morgan fingerprint density at radius 1 is 1.09 bits per heavy atom. The van der Waals surface area contributed by atoms with Crippen LogP contribution in [0.25, 0.3) is 11.1 Å². The molecule has 3 heterocycles. The Hall–Kier alpha value is -2.50. The Morgan fingerprint density at radius 2 is 1.87 bits per heavy atom. The van der Waals surface area contributed by atoms with Crippen LogP contribution in [0.15, 0.2) is 35.0 Å². The van der Waals surface area contributed by atoms with E-state index < -0.39 is 0 Å². The van der Waals surface area contributed by atoms with Crippen LogP contribution in [-0.4, -0.2) is 28.0 Å². The number of para-hydroxylation sites is 1. The topological polar surface area (TPSA) is 55.1 Å². The van der Waals surface area contributed by atoms with Gasteiger partial charge in [0.1, 0.15) is 11.3 Å². The SMILES string of the molecule is Fc1cccc2oc(N3CC(c4ncc(C5CC5)cn4)C3)nc12. The summed E-state index contributed by atoms with van der Waals surface area (Å²) in [6.07, 6.45) is 6.43. The molecule has 0 amide bonds. The molecule has 0 radical (unpaired) electrons. The Bertz CT molecular complexity index is 866. The smallest absolute Gasteiger partial charge is 0.298 e. The summed E-state index contributed by atoms with van der Waals surface area (Å²) in [5.74, 6) is 1.47. The second-order valence-electron chi connectivity index (χ2n) is 6.33. The number of fused-ring (bicyclic) bond motifs is 1. The van der Waals surface area contributed by atoms with Crippen LogP contribution in [0.4, 0.5) is 10.4 Å². The zero-order chi connectivity index (χ0) is 15.4. The average molecular weight is 310 g/mol. The molecule has 1 aromatic carbocycles. The molecule has 6 heteroatoms. The van der Waals surface area contributed by atoms with Gasteiger partial charge in [0.2, 0.25) is 0 Å². The highest BCUT2D eigenvalue weighted by Gasteiger charge is 2.34. The van der Waals surface area contributed by atoms with Gasteiger partial charge in [-0.25, -0.2) is 14.4 Å². The van der Waals surface area contributed by atoms with Crippen LogP contribution in [-0.2, 0) is 0 Å². The second-order valence-corrected chi connectivity index (χ2v) is 6.33. The molecule has 116 valence electrons. The average Bonchev–Trinajstić information content (AvgIpc) is 3.27. The third kappa shape index (κ3) is 2.17. The van der Waals surface area contributed by atoms with Crippen molar-refractivity contribution < 1.29 is 8.81 Å². The fourth-order valence-electron chi connectivity index (χ4n) is 3.02. The van der Waals surface area contributed by atoms with Gasteiger partial charge in [-0.2, -0.15) is 4.98 Å². The Labute approximate surface area is 132 Å². The van der Waals surface area contributed by atoms with E-state index in [1.165, 1.54) is 24.5 Å². The predicted molar refractivity (Wildman–Crippen MR) is 82.9 cm³/mol. The molecule has 1 aliphatic heterocycles. The number of oxazole rings is 1. The number of benzene rings is 1. The molecule has 1 aliphatic carbocycles. The van der Waals surface area contributed by atoms with Gasteiger partial charge in [0.15, 0.2) is 11.4 Å². The van der Waals surface area contributed by atoms with Crippen molar-refractivity contribution in [2.24, 2.45) is 0 Å². The van der Waals surface area contributed by atoms with Crippen LogP contribution in [0.5, 0.6) is 0 Å². The lowest BCUT2D eigenvalue weighted by Crippen LogP contribution is -2.46. The molecule has 1 saturated heterocycles. The van der Waals surface area contributed by atoms with Gasteiger partial charge in [-0.05, 0) is 36.5 Å². The van der Waals surface area contributed by atoms with Crippen LogP contribution in [0.1, 0.15) is 36.1 Å². The number of hydrogen-bond donors (Lipinski definition) is 0. The summed E-state index contributed by atoms with van der Waals surface area (Å²) in [5.41, 5.74) is 2.02. The first-order chi connectivity index (χ1) is 11.3. The number of hydrogen-bond acceptors (Lipinski definition) is 5. The minimum Gasteiger partial charge on any atom is -0.423 e. The molecule has 0 bridgehead atoms. The van der Waals surface area contributed by atoms with Crippen molar-refractivity contribution in [1.29, 1.82) is 0 Å². The normalized spacial score (nSPS) is 18.4. The minimum absolute atomic E-state index is 0.281. The second kappa shape index (κ2) is 4.75. The fraction of sp³-hybridized carbons (Fsp3) is 0.353. The summed E-state index contributed by atoms with van der Waals surface area (Å²) in [6.45, 7) is 1.49. The summed E-state index contributed by atoms with van der Waals surface area (Å²) in [6, 6.07) is 5.21. The van der Waals surface area contributed by atoms with E-state index in [1.54, 1.807) is 12.1 Å². The molecule has 3 aromatic rings. The van der Waals surface area contributed by atoms with Gasteiger partial charge in [0, 0.05) is 25.5 Å². The van der Waals surface area contributed by atoms with Crippen LogP contribution in [0.3, 0.4) is 0 Å². The molecule has 0 N–H and O–H groups in total. The molecule has 2 fully saturated rings. The highest BCUT2D eigenvalue weighted by atomic mass is 19.1. The highest BCUT2D eigenvalue weighted by Crippen LogP contribution is 2.39. The van der Waals surface area contributed by atoms with E-state index in [1.807, 2.05) is 17.3 Å². The largest absolute Gasteiger partial charge is 0.423 e.